The Hall–Kier alpha value is -4.38. The van der Waals surface area contributed by atoms with Crippen LogP contribution in [0.2, 0.25) is 0 Å². The van der Waals surface area contributed by atoms with E-state index in [1.807, 2.05) is 30.3 Å². The van der Waals surface area contributed by atoms with Gasteiger partial charge in [0.1, 0.15) is 6.04 Å². The van der Waals surface area contributed by atoms with E-state index in [1.54, 1.807) is 36.4 Å². The van der Waals surface area contributed by atoms with Crippen LogP contribution in [0.15, 0.2) is 94.9 Å². The molecule has 3 aromatic rings. The molecule has 0 spiro atoms. The maximum atomic E-state index is 13.4. The van der Waals surface area contributed by atoms with E-state index in [1.165, 1.54) is 25.1 Å². The predicted octanol–water partition coefficient (Wildman–Crippen LogP) is 2.18. The van der Waals surface area contributed by atoms with Gasteiger partial charge in [-0.15, -0.1) is 5.10 Å². The highest BCUT2D eigenvalue weighted by atomic mass is 32.2. The molecule has 2 unspecified atom stereocenters. The summed E-state index contributed by atoms with van der Waals surface area (Å²) in [4.78, 5) is 23.8. The Morgan fingerprint density at radius 2 is 1.53 bits per heavy atom. The molecular formula is C25H27N5O5S. The summed E-state index contributed by atoms with van der Waals surface area (Å²) in [5.74, 6) is -2.59. The summed E-state index contributed by atoms with van der Waals surface area (Å²) >= 11 is 0. The molecule has 2 atom stereocenters. The highest BCUT2D eigenvalue weighted by molar-refractivity contribution is 7.92. The summed E-state index contributed by atoms with van der Waals surface area (Å²) in [5, 5.41) is 15.4. The molecule has 0 fully saturated rings. The SMILES string of the molecule is CC(NC(=O)CC(c1ccccc1)c1cccc(N(N=C(N)N)S(=O)(=O)c2ccccc2)c1)C(=O)O. The highest BCUT2D eigenvalue weighted by Crippen LogP contribution is 2.32. The molecule has 36 heavy (non-hydrogen) atoms. The minimum atomic E-state index is -4.16. The summed E-state index contributed by atoms with van der Waals surface area (Å²) in [6.07, 6.45) is -0.0706. The summed E-state index contributed by atoms with van der Waals surface area (Å²) in [5.41, 5.74) is 12.7. The molecule has 1 amide bonds. The van der Waals surface area contributed by atoms with E-state index in [0.29, 0.717) is 5.56 Å². The van der Waals surface area contributed by atoms with E-state index in [0.717, 1.165) is 9.98 Å². The van der Waals surface area contributed by atoms with Crippen LogP contribution in [0, 0.1) is 0 Å². The van der Waals surface area contributed by atoms with Crippen molar-refractivity contribution >= 4 is 33.5 Å². The largest absolute Gasteiger partial charge is 0.480 e. The molecule has 0 saturated heterocycles. The van der Waals surface area contributed by atoms with Gasteiger partial charge in [-0.2, -0.15) is 12.8 Å². The lowest BCUT2D eigenvalue weighted by Gasteiger charge is -2.23. The number of benzene rings is 3. The van der Waals surface area contributed by atoms with Gasteiger partial charge in [0.05, 0.1) is 10.6 Å². The number of carbonyl (C=O) groups is 2. The maximum absolute atomic E-state index is 13.4. The number of carbonyl (C=O) groups excluding carboxylic acids is 1. The monoisotopic (exact) mass is 509 g/mol. The number of anilines is 1. The molecule has 0 aromatic heterocycles. The Bertz CT molecular complexity index is 1340. The molecule has 0 radical (unpaired) electrons. The van der Waals surface area contributed by atoms with Crippen molar-refractivity contribution in [3.05, 3.63) is 96.1 Å². The van der Waals surface area contributed by atoms with Crippen molar-refractivity contribution in [1.82, 2.24) is 5.32 Å². The molecule has 0 bridgehead atoms. The third kappa shape index (κ3) is 6.39. The maximum Gasteiger partial charge on any atom is 0.325 e. The summed E-state index contributed by atoms with van der Waals surface area (Å²) in [6.45, 7) is 1.37. The van der Waals surface area contributed by atoms with Crippen LogP contribution in [0.25, 0.3) is 0 Å². The first-order chi connectivity index (χ1) is 17.1. The minimum absolute atomic E-state index is 0.0120. The van der Waals surface area contributed by atoms with E-state index < -0.39 is 39.8 Å². The first-order valence-electron chi connectivity index (χ1n) is 11.0. The number of nitrogens with two attached hydrogens (primary N) is 2. The van der Waals surface area contributed by atoms with Crippen molar-refractivity contribution in [2.24, 2.45) is 16.6 Å². The fourth-order valence-electron chi connectivity index (χ4n) is 3.57. The van der Waals surface area contributed by atoms with Crippen LogP contribution in [0.4, 0.5) is 5.69 Å². The molecule has 0 aliphatic carbocycles. The Labute approximate surface area is 209 Å². The number of nitrogens with zero attached hydrogens (tertiary/aromatic N) is 2. The fraction of sp³-hybridized carbons (Fsp3) is 0.160. The Kier molecular flexibility index (Phi) is 8.28. The molecule has 0 aliphatic rings. The van der Waals surface area contributed by atoms with Gasteiger partial charge in [0.25, 0.3) is 10.0 Å². The topological polar surface area (TPSA) is 168 Å². The van der Waals surface area contributed by atoms with E-state index in [4.69, 9.17) is 16.6 Å². The van der Waals surface area contributed by atoms with Crippen LogP contribution in [0.1, 0.15) is 30.4 Å². The number of guanidine groups is 1. The van der Waals surface area contributed by atoms with Gasteiger partial charge in [0, 0.05) is 12.3 Å². The number of amides is 1. The van der Waals surface area contributed by atoms with E-state index in [2.05, 4.69) is 10.4 Å². The molecule has 6 N–H and O–H groups in total. The first kappa shape index (κ1) is 26.2. The fourth-order valence-corrected chi connectivity index (χ4v) is 4.86. The third-order valence-corrected chi connectivity index (χ3v) is 6.92. The van der Waals surface area contributed by atoms with Crippen LogP contribution < -0.4 is 21.2 Å². The second-order valence-electron chi connectivity index (χ2n) is 7.98. The van der Waals surface area contributed by atoms with Crippen molar-refractivity contribution in [2.45, 2.75) is 30.2 Å². The van der Waals surface area contributed by atoms with Crippen molar-refractivity contribution in [2.75, 3.05) is 4.41 Å². The van der Waals surface area contributed by atoms with Gasteiger partial charge < -0.3 is 21.9 Å². The van der Waals surface area contributed by atoms with Crippen molar-refractivity contribution in [3.8, 4) is 0 Å². The van der Waals surface area contributed by atoms with E-state index in [-0.39, 0.29) is 17.0 Å². The van der Waals surface area contributed by atoms with Crippen molar-refractivity contribution in [1.29, 1.82) is 0 Å². The summed E-state index contributed by atoms with van der Waals surface area (Å²) in [7, 11) is -4.16. The number of hydrogen-bond acceptors (Lipinski definition) is 5. The first-order valence-corrected chi connectivity index (χ1v) is 12.4. The summed E-state index contributed by atoms with van der Waals surface area (Å²) in [6, 6.07) is 22.3. The Morgan fingerprint density at radius 1 is 0.944 bits per heavy atom. The number of sulfonamides is 1. The molecule has 10 nitrogen and oxygen atoms in total. The smallest absolute Gasteiger partial charge is 0.325 e. The van der Waals surface area contributed by atoms with Crippen LogP contribution >= 0.6 is 0 Å². The zero-order valence-corrected chi connectivity index (χ0v) is 20.3. The standard InChI is InChI=1S/C25H27N5O5S/c1-17(24(32)33)28-23(31)16-22(18-9-4-2-5-10-18)19-11-8-12-20(15-19)30(29-25(26)27)36(34,35)21-13-6-3-7-14-21/h2-15,17,22H,16H2,1H3,(H,28,31)(H,32,33)(H4,26,27,29). The van der Waals surface area contributed by atoms with Crippen LogP contribution in [-0.2, 0) is 19.6 Å². The quantitative estimate of drug-likeness (QED) is 0.184. The Morgan fingerprint density at radius 3 is 2.11 bits per heavy atom. The molecular weight excluding hydrogens is 482 g/mol. The molecule has 0 heterocycles. The van der Waals surface area contributed by atoms with Gasteiger partial charge in [-0.1, -0.05) is 60.7 Å². The summed E-state index contributed by atoms with van der Waals surface area (Å²) < 4.78 is 27.5. The van der Waals surface area contributed by atoms with Gasteiger partial charge in [-0.05, 0) is 42.3 Å². The zero-order valence-electron chi connectivity index (χ0n) is 19.5. The van der Waals surface area contributed by atoms with Crippen molar-refractivity contribution in [3.63, 3.8) is 0 Å². The van der Waals surface area contributed by atoms with Gasteiger partial charge in [0.15, 0.2) is 0 Å². The number of carboxylic acid groups (broad SMARTS) is 1. The molecule has 0 saturated carbocycles. The van der Waals surface area contributed by atoms with Crippen LogP contribution in [0.3, 0.4) is 0 Å². The Balaban J connectivity index is 2.06. The average Bonchev–Trinajstić information content (AvgIpc) is 2.86. The molecule has 0 aliphatic heterocycles. The van der Waals surface area contributed by atoms with Gasteiger partial charge >= 0.3 is 5.97 Å². The lowest BCUT2D eigenvalue weighted by atomic mass is 9.88. The number of aliphatic carboxylic acids is 1. The minimum Gasteiger partial charge on any atom is -0.480 e. The van der Waals surface area contributed by atoms with E-state index in [9.17, 15) is 18.0 Å². The molecule has 3 rings (SSSR count). The van der Waals surface area contributed by atoms with Gasteiger partial charge in [-0.3, -0.25) is 9.59 Å². The third-order valence-electron chi connectivity index (χ3n) is 5.31. The van der Waals surface area contributed by atoms with Gasteiger partial charge in [0.2, 0.25) is 11.9 Å². The normalized spacial score (nSPS) is 12.7. The highest BCUT2D eigenvalue weighted by Gasteiger charge is 2.27. The predicted molar refractivity (Wildman–Crippen MR) is 137 cm³/mol. The average molecular weight is 510 g/mol. The van der Waals surface area contributed by atoms with Crippen LogP contribution in [-0.4, -0.2) is 37.4 Å². The zero-order chi connectivity index (χ0) is 26.3. The van der Waals surface area contributed by atoms with E-state index >= 15 is 0 Å². The molecule has 11 heteroatoms. The number of carboxylic acids is 1. The van der Waals surface area contributed by atoms with Gasteiger partial charge in [-0.25, -0.2) is 0 Å². The lowest BCUT2D eigenvalue weighted by Crippen LogP contribution is -2.38. The molecule has 188 valence electrons. The number of hydrazone groups is 1. The second-order valence-corrected chi connectivity index (χ2v) is 9.74. The number of rotatable bonds is 10. The number of nitrogens with one attached hydrogen (secondary N) is 1. The lowest BCUT2D eigenvalue weighted by molar-refractivity contribution is -0.141. The molecule has 3 aromatic carbocycles. The number of hydrogen-bond donors (Lipinski definition) is 4. The van der Waals surface area contributed by atoms with Crippen LogP contribution in [0.5, 0.6) is 0 Å². The second kappa shape index (κ2) is 11.4. The van der Waals surface area contributed by atoms with Crippen molar-refractivity contribution < 1.29 is 23.1 Å².